The minimum Gasteiger partial charge on any atom is -0.497 e. The van der Waals surface area contributed by atoms with E-state index in [1.165, 1.54) is 5.56 Å². The molecule has 2 N–H and O–H groups in total. The summed E-state index contributed by atoms with van der Waals surface area (Å²) in [7, 11) is 1.65. The topological polar surface area (TPSA) is 58.6 Å². The van der Waals surface area contributed by atoms with Crippen LogP contribution in [0.5, 0.6) is 5.75 Å². The first-order chi connectivity index (χ1) is 9.93. The van der Waals surface area contributed by atoms with E-state index in [1.807, 2.05) is 24.3 Å². The quantitative estimate of drug-likeness (QED) is 0.734. The molecular formula is C17H27NO3. The van der Waals surface area contributed by atoms with E-state index >= 15 is 0 Å². The molecule has 0 aliphatic rings. The zero-order valence-electron chi connectivity index (χ0n) is 13.4. The van der Waals surface area contributed by atoms with Gasteiger partial charge in [-0.25, -0.2) is 0 Å². The largest absolute Gasteiger partial charge is 0.497 e. The van der Waals surface area contributed by atoms with Gasteiger partial charge in [-0.2, -0.15) is 0 Å². The molecule has 0 aromatic heterocycles. The van der Waals surface area contributed by atoms with E-state index in [-0.39, 0.29) is 5.92 Å². The number of ether oxygens (including phenoxy) is 1. The molecule has 0 aliphatic heterocycles. The molecule has 0 bridgehead atoms. The van der Waals surface area contributed by atoms with E-state index in [0.717, 1.165) is 12.3 Å². The second-order valence-corrected chi connectivity index (χ2v) is 6.00. The molecule has 4 heteroatoms. The Hall–Kier alpha value is -1.55. The van der Waals surface area contributed by atoms with E-state index in [0.29, 0.717) is 24.8 Å². The molecule has 1 aromatic carbocycles. The van der Waals surface area contributed by atoms with Crippen molar-refractivity contribution < 1.29 is 14.6 Å². The number of carbonyl (C=O) groups is 1. The maximum absolute atomic E-state index is 11.2. The van der Waals surface area contributed by atoms with Crippen molar-refractivity contribution in [2.45, 2.75) is 33.1 Å². The summed E-state index contributed by atoms with van der Waals surface area (Å²) < 4.78 is 5.14. The average molecular weight is 293 g/mol. The maximum atomic E-state index is 11.2. The summed E-state index contributed by atoms with van der Waals surface area (Å²) in [4.78, 5) is 11.2. The van der Waals surface area contributed by atoms with E-state index in [9.17, 15) is 9.90 Å². The predicted molar refractivity (Wildman–Crippen MR) is 84.9 cm³/mol. The summed E-state index contributed by atoms with van der Waals surface area (Å²) in [5, 5.41) is 12.5. The first kappa shape index (κ1) is 17.5. The van der Waals surface area contributed by atoms with Gasteiger partial charge in [0.15, 0.2) is 0 Å². The number of nitrogens with one attached hydrogen (secondary N) is 1. The average Bonchev–Trinajstić information content (AvgIpc) is 2.45. The molecule has 0 radical (unpaired) electrons. The molecule has 4 nitrogen and oxygen atoms in total. The third-order valence-electron chi connectivity index (χ3n) is 3.63. The van der Waals surface area contributed by atoms with Gasteiger partial charge >= 0.3 is 5.97 Å². The van der Waals surface area contributed by atoms with E-state index in [1.54, 1.807) is 7.11 Å². The standard InChI is InChI=1S/C17H27NO3/c1-12(2)9-15(17(19)20)11-18-10-13(3)14-5-7-16(21-4)8-6-14/h5-8,12-13,15,18H,9-11H2,1-4H3,(H,19,20). The highest BCUT2D eigenvalue weighted by Gasteiger charge is 2.18. The van der Waals surface area contributed by atoms with Crippen LogP contribution >= 0.6 is 0 Å². The Labute approximate surface area is 127 Å². The van der Waals surface area contributed by atoms with Gasteiger partial charge in [-0.05, 0) is 36.0 Å². The van der Waals surface area contributed by atoms with Gasteiger partial charge in [0.05, 0.1) is 13.0 Å². The monoisotopic (exact) mass is 293 g/mol. The van der Waals surface area contributed by atoms with Crippen molar-refractivity contribution >= 4 is 5.97 Å². The lowest BCUT2D eigenvalue weighted by molar-refractivity contribution is -0.142. The van der Waals surface area contributed by atoms with Gasteiger partial charge < -0.3 is 15.2 Å². The number of benzene rings is 1. The van der Waals surface area contributed by atoms with Crippen molar-refractivity contribution in [3.05, 3.63) is 29.8 Å². The zero-order chi connectivity index (χ0) is 15.8. The van der Waals surface area contributed by atoms with Gasteiger partial charge in [-0.1, -0.05) is 32.9 Å². The molecule has 0 saturated carbocycles. The second kappa shape index (κ2) is 8.67. The molecule has 1 rings (SSSR count). The fourth-order valence-corrected chi connectivity index (χ4v) is 2.36. The van der Waals surface area contributed by atoms with Gasteiger partial charge in [0.2, 0.25) is 0 Å². The molecule has 0 spiro atoms. The maximum Gasteiger partial charge on any atom is 0.307 e. The molecule has 21 heavy (non-hydrogen) atoms. The van der Waals surface area contributed by atoms with Crippen LogP contribution in [0.15, 0.2) is 24.3 Å². The van der Waals surface area contributed by atoms with Crippen LogP contribution in [-0.2, 0) is 4.79 Å². The lowest BCUT2D eigenvalue weighted by Crippen LogP contribution is -2.31. The first-order valence-electron chi connectivity index (χ1n) is 7.51. The van der Waals surface area contributed by atoms with Crippen LogP contribution in [0.2, 0.25) is 0 Å². The molecule has 2 unspecified atom stereocenters. The minimum absolute atomic E-state index is 0.312. The highest BCUT2D eigenvalue weighted by molar-refractivity contribution is 5.70. The molecule has 0 fully saturated rings. The molecule has 2 atom stereocenters. The number of hydrogen-bond donors (Lipinski definition) is 2. The minimum atomic E-state index is -0.715. The second-order valence-electron chi connectivity index (χ2n) is 6.00. The van der Waals surface area contributed by atoms with Crippen molar-refractivity contribution in [3.63, 3.8) is 0 Å². The number of carboxylic acids is 1. The fraction of sp³-hybridized carbons (Fsp3) is 0.588. The summed E-state index contributed by atoms with van der Waals surface area (Å²) in [6.07, 6.45) is 0.708. The Morgan fingerprint density at radius 3 is 2.29 bits per heavy atom. The lowest BCUT2D eigenvalue weighted by atomic mass is 9.96. The van der Waals surface area contributed by atoms with Crippen molar-refractivity contribution in [3.8, 4) is 5.75 Å². The van der Waals surface area contributed by atoms with Gasteiger partial charge in [-0.15, -0.1) is 0 Å². The van der Waals surface area contributed by atoms with Crippen molar-refractivity contribution in [2.24, 2.45) is 11.8 Å². The Morgan fingerprint density at radius 1 is 1.19 bits per heavy atom. The number of methoxy groups -OCH3 is 1. The third-order valence-corrected chi connectivity index (χ3v) is 3.63. The Balaban J connectivity index is 2.44. The summed E-state index contributed by atoms with van der Waals surface area (Å²) in [6.45, 7) is 7.53. The van der Waals surface area contributed by atoms with Crippen LogP contribution in [0.3, 0.4) is 0 Å². The first-order valence-corrected chi connectivity index (χ1v) is 7.51. The van der Waals surface area contributed by atoms with Crippen LogP contribution in [0.4, 0.5) is 0 Å². The molecule has 0 aliphatic carbocycles. The zero-order valence-corrected chi connectivity index (χ0v) is 13.4. The SMILES string of the molecule is COc1ccc(C(C)CNCC(CC(C)C)C(=O)O)cc1. The van der Waals surface area contributed by atoms with Crippen molar-refractivity contribution in [1.82, 2.24) is 5.32 Å². The lowest BCUT2D eigenvalue weighted by Gasteiger charge is -2.18. The summed E-state index contributed by atoms with van der Waals surface area (Å²) >= 11 is 0. The summed E-state index contributed by atoms with van der Waals surface area (Å²) in [5.74, 6) is 0.555. The molecule has 0 saturated heterocycles. The normalized spacial score (nSPS) is 14.0. The molecule has 1 aromatic rings. The predicted octanol–water partition coefficient (Wildman–Crippen LogP) is 3.14. The van der Waals surface area contributed by atoms with Crippen LogP contribution in [0.25, 0.3) is 0 Å². The fourth-order valence-electron chi connectivity index (χ4n) is 2.36. The van der Waals surface area contributed by atoms with Crippen LogP contribution < -0.4 is 10.1 Å². The highest BCUT2D eigenvalue weighted by atomic mass is 16.5. The Morgan fingerprint density at radius 2 is 1.81 bits per heavy atom. The number of aliphatic carboxylic acids is 1. The molecule has 0 amide bonds. The van der Waals surface area contributed by atoms with Crippen LogP contribution in [0, 0.1) is 11.8 Å². The van der Waals surface area contributed by atoms with E-state index in [4.69, 9.17) is 4.74 Å². The summed E-state index contributed by atoms with van der Waals surface area (Å²) in [6, 6.07) is 8.00. The smallest absolute Gasteiger partial charge is 0.307 e. The molecule has 118 valence electrons. The van der Waals surface area contributed by atoms with Crippen molar-refractivity contribution in [2.75, 3.05) is 20.2 Å². The highest BCUT2D eigenvalue weighted by Crippen LogP contribution is 2.18. The van der Waals surface area contributed by atoms with E-state index < -0.39 is 5.97 Å². The Bertz CT molecular complexity index is 428. The van der Waals surface area contributed by atoms with Crippen LogP contribution in [-0.4, -0.2) is 31.3 Å². The molecule has 0 heterocycles. The summed E-state index contributed by atoms with van der Waals surface area (Å²) in [5.41, 5.74) is 1.22. The number of rotatable bonds is 9. The number of carboxylic acid groups (broad SMARTS) is 1. The third kappa shape index (κ3) is 6.17. The van der Waals surface area contributed by atoms with Gasteiger partial charge in [0, 0.05) is 13.1 Å². The van der Waals surface area contributed by atoms with Crippen molar-refractivity contribution in [1.29, 1.82) is 0 Å². The number of hydrogen-bond acceptors (Lipinski definition) is 3. The van der Waals surface area contributed by atoms with E-state index in [2.05, 4.69) is 26.1 Å². The van der Waals surface area contributed by atoms with Gasteiger partial charge in [-0.3, -0.25) is 4.79 Å². The van der Waals surface area contributed by atoms with Gasteiger partial charge in [0.1, 0.15) is 5.75 Å². The molecular weight excluding hydrogens is 266 g/mol. The van der Waals surface area contributed by atoms with Crippen LogP contribution in [0.1, 0.15) is 38.7 Å². The van der Waals surface area contributed by atoms with Gasteiger partial charge in [0.25, 0.3) is 0 Å². The Kier molecular flexibility index (Phi) is 7.23.